The molecule has 1 saturated heterocycles. The van der Waals surface area contributed by atoms with Crippen LogP contribution in [0.5, 0.6) is 5.75 Å². The predicted octanol–water partition coefficient (Wildman–Crippen LogP) is 1.82. The van der Waals surface area contributed by atoms with Crippen molar-refractivity contribution >= 4 is 11.9 Å². The van der Waals surface area contributed by atoms with Crippen LogP contribution in [-0.4, -0.2) is 67.2 Å². The van der Waals surface area contributed by atoms with Crippen molar-refractivity contribution in [3.63, 3.8) is 0 Å². The zero-order chi connectivity index (χ0) is 18.9. The average molecular weight is 368 g/mol. The fraction of sp³-hybridized carbons (Fsp3) is 0.450. The molecule has 0 saturated carbocycles. The second-order valence-corrected chi connectivity index (χ2v) is 6.32. The molecule has 0 unspecified atom stereocenters. The minimum atomic E-state index is 0.727. The summed E-state index contributed by atoms with van der Waals surface area (Å²) >= 11 is 0. The van der Waals surface area contributed by atoms with Gasteiger partial charge in [0.05, 0.1) is 7.11 Å². The number of rotatable bonds is 6. The highest BCUT2D eigenvalue weighted by Crippen LogP contribution is 2.17. The topological polar surface area (TPSA) is 65.9 Å². The molecule has 2 heterocycles. The van der Waals surface area contributed by atoms with Crippen LogP contribution in [0.3, 0.4) is 0 Å². The van der Waals surface area contributed by atoms with Gasteiger partial charge in [-0.2, -0.15) is 0 Å². The second kappa shape index (κ2) is 9.75. The van der Waals surface area contributed by atoms with Gasteiger partial charge in [0.1, 0.15) is 5.75 Å². The molecule has 1 aromatic carbocycles. The normalized spacial score (nSPS) is 15.0. The molecular formula is C20H28N6O. The summed E-state index contributed by atoms with van der Waals surface area (Å²) < 4.78 is 5.43. The van der Waals surface area contributed by atoms with E-state index >= 15 is 0 Å². The third-order valence-corrected chi connectivity index (χ3v) is 4.58. The molecule has 1 aliphatic heterocycles. The minimum Gasteiger partial charge on any atom is -0.496 e. The van der Waals surface area contributed by atoms with Gasteiger partial charge in [0, 0.05) is 51.7 Å². The Kier molecular flexibility index (Phi) is 6.84. The maximum atomic E-state index is 5.43. The van der Waals surface area contributed by atoms with E-state index < -0.39 is 0 Å². The van der Waals surface area contributed by atoms with E-state index in [-0.39, 0.29) is 0 Å². The molecule has 7 heteroatoms. The highest BCUT2D eigenvalue weighted by atomic mass is 16.5. The van der Waals surface area contributed by atoms with Crippen LogP contribution in [0.2, 0.25) is 0 Å². The molecule has 3 rings (SSSR count). The number of guanidine groups is 1. The minimum absolute atomic E-state index is 0.727. The number of benzene rings is 1. The maximum Gasteiger partial charge on any atom is 0.225 e. The third-order valence-electron chi connectivity index (χ3n) is 4.58. The van der Waals surface area contributed by atoms with Gasteiger partial charge in [-0.1, -0.05) is 18.2 Å². The second-order valence-electron chi connectivity index (χ2n) is 6.32. The lowest BCUT2D eigenvalue weighted by Gasteiger charge is -2.36. The van der Waals surface area contributed by atoms with Gasteiger partial charge in [-0.25, -0.2) is 9.97 Å². The van der Waals surface area contributed by atoms with Gasteiger partial charge in [0.15, 0.2) is 5.96 Å². The van der Waals surface area contributed by atoms with E-state index in [4.69, 9.17) is 9.73 Å². The van der Waals surface area contributed by atoms with Gasteiger partial charge >= 0.3 is 0 Å². The summed E-state index contributed by atoms with van der Waals surface area (Å²) in [5.41, 5.74) is 1.19. The molecule has 0 aliphatic carbocycles. The molecule has 144 valence electrons. The summed E-state index contributed by atoms with van der Waals surface area (Å²) in [5, 5.41) is 3.42. The lowest BCUT2D eigenvalue weighted by molar-refractivity contribution is 0.370. The first-order valence-electron chi connectivity index (χ1n) is 9.49. The van der Waals surface area contributed by atoms with Crippen molar-refractivity contribution < 1.29 is 4.74 Å². The van der Waals surface area contributed by atoms with E-state index in [9.17, 15) is 0 Å². The molecule has 1 aliphatic rings. The predicted molar refractivity (Wildman–Crippen MR) is 108 cm³/mol. The average Bonchev–Trinajstić information content (AvgIpc) is 2.74. The molecule has 0 radical (unpaired) electrons. The monoisotopic (exact) mass is 368 g/mol. The molecule has 7 nitrogen and oxygen atoms in total. The number of aromatic nitrogens is 2. The number of hydrogen-bond acceptors (Lipinski definition) is 5. The Hall–Kier alpha value is -2.83. The fourth-order valence-electron chi connectivity index (χ4n) is 3.19. The first-order chi connectivity index (χ1) is 13.3. The number of aliphatic imine (C=N–C) groups is 1. The Morgan fingerprint density at radius 2 is 1.85 bits per heavy atom. The van der Waals surface area contributed by atoms with Crippen LogP contribution in [0.1, 0.15) is 12.5 Å². The lowest BCUT2D eigenvalue weighted by Crippen LogP contribution is -2.53. The first-order valence-corrected chi connectivity index (χ1v) is 9.49. The summed E-state index contributed by atoms with van der Waals surface area (Å²) in [6.45, 7) is 7.27. The smallest absolute Gasteiger partial charge is 0.225 e. The van der Waals surface area contributed by atoms with Gasteiger partial charge < -0.3 is 19.9 Å². The molecule has 0 spiro atoms. The van der Waals surface area contributed by atoms with Gasteiger partial charge in [0.2, 0.25) is 5.95 Å². The van der Waals surface area contributed by atoms with Crippen LogP contribution in [0.4, 0.5) is 5.95 Å². The van der Waals surface area contributed by atoms with Crippen molar-refractivity contribution in [1.29, 1.82) is 0 Å². The van der Waals surface area contributed by atoms with Crippen molar-refractivity contribution in [2.45, 2.75) is 13.3 Å². The van der Waals surface area contributed by atoms with E-state index in [1.165, 1.54) is 5.56 Å². The van der Waals surface area contributed by atoms with Crippen molar-refractivity contribution in [3.8, 4) is 5.75 Å². The number of nitrogens with one attached hydrogen (secondary N) is 1. The number of hydrogen-bond donors (Lipinski definition) is 1. The highest BCUT2D eigenvalue weighted by molar-refractivity contribution is 5.80. The zero-order valence-electron chi connectivity index (χ0n) is 16.1. The number of nitrogens with zero attached hydrogens (tertiary/aromatic N) is 5. The summed E-state index contributed by atoms with van der Waals surface area (Å²) in [6, 6.07) is 9.97. The van der Waals surface area contributed by atoms with E-state index in [1.807, 2.05) is 24.3 Å². The number of para-hydroxylation sites is 1. The van der Waals surface area contributed by atoms with Gasteiger partial charge in [-0.15, -0.1) is 0 Å². The summed E-state index contributed by atoms with van der Waals surface area (Å²) in [6.07, 6.45) is 4.44. The number of piperazine rings is 1. The third kappa shape index (κ3) is 5.09. The van der Waals surface area contributed by atoms with Crippen molar-refractivity contribution in [2.75, 3.05) is 51.3 Å². The van der Waals surface area contributed by atoms with Gasteiger partial charge in [0.25, 0.3) is 0 Å². The zero-order valence-corrected chi connectivity index (χ0v) is 16.1. The molecule has 0 bridgehead atoms. The number of methoxy groups -OCH3 is 1. The Balaban J connectivity index is 1.58. The van der Waals surface area contributed by atoms with Crippen molar-refractivity contribution in [1.82, 2.24) is 20.2 Å². The molecular weight excluding hydrogens is 340 g/mol. The maximum absolute atomic E-state index is 5.43. The Morgan fingerprint density at radius 1 is 1.11 bits per heavy atom. The van der Waals surface area contributed by atoms with Gasteiger partial charge in [-0.3, -0.25) is 4.99 Å². The summed E-state index contributed by atoms with van der Waals surface area (Å²) in [5.74, 6) is 2.70. The Labute approximate surface area is 161 Å². The van der Waals surface area contributed by atoms with Crippen LogP contribution in [0.15, 0.2) is 47.7 Å². The van der Waals surface area contributed by atoms with Crippen molar-refractivity contribution in [2.24, 2.45) is 4.99 Å². The quantitative estimate of drug-likeness (QED) is 0.620. The van der Waals surface area contributed by atoms with Crippen LogP contribution in [-0.2, 0) is 6.42 Å². The SMILES string of the molecule is CCNC(=NCCc1ccccc1OC)N1CCN(c2ncccn2)CC1. The van der Waals surface area contributed by atoms with Crippen LogP contribution in [0, 0.1) is 0 Å². The molecule has 1 aromatic heterocycles. The fourth-order valence-corrected chi connectivity index (χ4v) is 3.19. The largest absolute Gasteiger partial charge is 0.496 e. The van der Waals surface area contributed by atoms with Gasteiger partial charge in [-0.05, 0) is 31.0 Å². The van der Waals surface area contributed by atoms with Crippen LogP contribution in [0.25, 0.3) is 0 Å². The van der Waals surface area contributed by atoms with E-state index in [1.54, 1.807) is 19.5 Å². The van der Waals surface area contributed by atoms with E-state index in [2.05, 4.69) is 38.1 Å². The van der Waals surface area contributed by atoms with Crippen LogP contribution < -0.4 is 15.0 Å². The standard InChI is InChI=1S/C20H28N6O/c1-3-21-19(24-12-9-17-7-4-5-8-18(17)27-2)25-13-15-26(16-14-25)20-22-10-6-11-23-20/h4-8,10-11H,3,9,12-16H2,1-2H3,(H,21,24). The molecule has 1 fully saturated rings. The highest BCUT2D eigenvalue weighted by Gasteiger charge is 2.21. The molecule has 2 aromatic rings. The Morgan fingerprint density at radius 3 is 2.56 bits per heavy atom. The molecule has 0 amide bonds. The number of anilines is 1. The molecule has 0 atom stereocenters. The Bertz CT molecular complexity index is 728. The molecule has 1 N–H and O–H groups in total. The molecule has 27 heavy (non-hydrogen) atoms. The van der Waals surface area contributed by atoms with E-state index in [0.717, 1.165) is 63.3 Å². The first kappa shape index (κ1) is 18.9. The number of ether oxygens (including phenoxy) is 1. The van der Waals surface area contributed by atoms with Crippen LogP contribution >= 0.6 is 0 Å². The van der Waals surface area contributed by atoms with Crippen molar-refractivity contribution in [3.05, 3.63) is 48.3 Å². The summed E-state index contributed by atoms with van der Waals surface area (Å²) in [7, 11) is 1.71. The summed E-state index contributed by atoms with van der Waals surface area (Å²) in [4.78, 5) is 18.1. The lowest BCUT2D eigenvalue weighted by atomic mass is 10.1. The van der Waals surface area contributed by atoms with E-state index in [0.29, 0.717) is 0 Å².